The molecule has 0 N–H and O–H groups in total. The fourth-order valence-electron chi connectivity index (χ4n) is 4.74. The minimum Gasteiger partial charge on any atom is -0.298 e. The number of allylic oxidation sites excluding steroid dienone is 4. The zero-order valence-electron chi connectivity index (χ0n) is 14.5. The van der Waals surface area contributed by atoms with Crippen LogP contribution in [0.25, 0.3) is 0 Å². The minimum absolute atomic E-state index is 0.0216. The molecular formula is C23H16O3. The predicted octanol–water partition coefficient (Wildman–Crippen LogP) is 3.87. The lowest BCUT2D eigenvalue weighted by Gasteiger charge is -2.44. The molecule has 0 radical (unpaired) electrons. The maximum atomic E-state index is 13.1. The second kappa shape index (κ2) is 4.98. The fourth-order valence-corrected chi connectivity index (χ4v) is 4.74. The first kappa shape index (κ1) is 15.2. The molecule has 0 saturated carbocycles. The summed E-state index contributed by atoms with van der Waals surface area (Å²) in [6.45, 7) is 3.47. The van der Waals surface area contributed by atoms with E-state index in [0.29, 0.717) is 27.9 Å². The number of rotatable bonds is 1. The van der Waals surface area contributed by atoms with Gasteiger partial charge < -0.3 is 0 Å². The van der Waals surface area contributed by atoms with Crippen LogP contribution in [0.2, 0.25) is 0 Å². The van der Waals surface area contributed by atoms with Gasteiger partial charge in [0.05, 0.1) is 0 Å². The molecule has 0 aromatic heterocycles. The highest BCUT2D eigenvalue weighted by molar-refractivity contribution is 6.27. The van der Waals surface area contributed by atoms with E-state index < -0.39 is 0 Å². The molecule has 3 nitrogen and oxygen atoms in total. The number of carbonyl (C=O) groups is 3. The summed E-state index contributed by atoms with van der Waals surface area (Å²) in [6, 6.07) is 13.6. The van der Waals surface area contributed by atoms with E-state index in [-0.39, 0.29) is 23.4 Å². The molecule has 4 aliphatic rings. The third kappa shape index (κ3) is 1.65. The summed E-state index contributed by atoms with van der Waals surface area (Å²) in [6.07, 6.45) is 0.826. The number of hydrogen-bond donors (Lipinski definition) is 0. The number of benzene rings is 2. The molecule has 0 saturated heterocycles. The smallest absolute Gasteiger partial charge is 0.186 e. The summed E-state index contributed by atoms with van der Waals surface area (Å²) in [5.74, 6) is -0.572. The van der Waals surface area contributed by atoms with Crippen molar-refractivity contribution in [1.82, 2.24) is 0 Å². The SMILES string of the molecule is CC1=C(C)C(=O)C2=C(C1=O)[C@@H]1c3ccccc3[C@H]2c2cc(C=O)ccc21. The summed E-state index contributed by atoms with van der Waals surface area (Å²) in [7, 11) is 0. The largest absolute Gasteiger partial charge is 0.298 e. The lowest BCUT2D eigenvalue weighted by Crippen LogP contribution is -2.37. The van der Waals surface area contributed by atoms with E-state index in [0.717, 1.165) is 28.5 Å². The van der Waals surface area contributed by atoms with Gasteiger partial charge in [0, 0.05) is 39.7 Å². The van der Waals surface area contributed by atoms with E-state index in [2.05, 4.69) is 0 Å². The molecule has 0 heterocycles. The van der Waals surface area contributed by atoms with Crippen LogP contribution in [0.3, 0.4) is 0 Å². The Labute approximate surface area is 151 Å². The van der Waals surface area contributed by atoms with Crippen molar-refractivity contribution < 1.29 is 14.4 Å². The maximum Gasteiger partial charge on any atom is 0.186 e. The second-order valence-corrected chi connectivity index (χ2v) is 7.24. The van der Waals surface area contributed by atoms with E-state index in [1.54, 1.807) is 19.9 Å². The monoisotopic (exact) mass is 340 g/mol. The number of aldehydes is 1. The molecule has 0 unspecified atom stereocenters. The molecule has 2 aromatic carbocycles. The van der Waals surface area contributed by atoms with E-state index >= 15 is 0 Å². The molecule has 0 amide bonds. The van der Waals surface area contributed by atoms with Gasteiger partial charge in [-0.1, -0.05) is 36.4 Å². The predicted molar refractivity (Wildman–Crippen MR) is 97.4 cm³/mol. The Balaban J connectivity index is 1.88. The highest BCUT2D eigenvalue weighted by atomic mass is 16.1. The van der Waals surface area contributed by atoms with Crippen molar-refractivity contribution in [2.24, 2.45) is 0 Å². The van der Waals surface area contributed by atoms with Crippen LogP contribution >= 0.6 is 0 Å². The van der Waals surface area contributed by atoms with Gasteiger partial charge in [0.25, 0.3) is 0 Å². The molecule has 3 heteroatoms. The van der Waals surface area contributed by atoms with Gasteiger partial charge in [-0.15, -0.1) is 0 Å². The second-order valence-electron chi connectivity index (χ2n) is 7.24. The molecular weight excluding hydrogens is 324 g/mol. The Morgan fingerprint density at radius 3 is 1.77 bits per heavy atom. The molecule has 0 fully saturated rings. The van der Waals surface area contributed by atoms with Gasteiger partial charge in [-0.05, 0) is 42.2 Å². The molecule has 26 heavy (non-hydrogen) atoms. The van der Waals surface area contributed by atoms with Crippen LogP contribution in [0.5, 0.6) is 0 Å². The number of ketones is 2. The van der Waals surface area contributed by atoms with Crippen molar-refractivity contribution in [3.05, 3.63) is 92.6 Å². The van der Waals surface area contributed by atoms with Crippen LogP contribution in [0.1, 0.15) is 58.3 Å². The summed E-state index contributed by atoms with van der Waals surface area (Å²) in [4.78, 5) is 37.6. The van der Waals surface area contributed by atoms with Crippen LogP contribution in [0.15, 0.2) is 64.8 Å². The lowest BCUT2D eigenvalue weighted by molar-refractivity contribution is -0.117. The lowest BCUT2D eigenvalue weighted by atomic mass is 9.57. The number of hydrogen-bond acceptors (Lipinski definition) is 3. The molecule has 4 aliphatic carbocycles. The molecule has 0 aliphatic heterocycles. The van der Waals surface area contributed by atoms with Crippen molar-refractivity contribution >= 4 is 17.9 Å². The average Bonchev–Trinajstić information content (AvgIpc) is 2.69. The minimum atomic E-state index is -0.277. The van der Waals surface area contributed by atoms with Crippen molar-refractivity contribution in [2.45, 2.75) is 25.7 Å². The Bertz CT molecular complexity index is 1110. The fraction of sp³-hybridized carbons (Fsp3) is 0.174. The molecule has 6 rings (SSSR count). The number of carbonyl (C=O) groups excluding carboxylic acids is 3. The molecule has 2 bridgehead atoms. The van der Waals surface area contributed by atoms with E-state index in [4.69, 9.17) is 0 Å². The van der Waals surface area contributed by atoms with Crippen molar-refractivity contribution in [1.29, 1.82) is 0 Å². The quantitative estimate of drug-likeness (QED) is 0.585. The van der Waals surface area contributed by atoms with Crippen LogP contribution in [-0.4, -0.2) is 17.9 Å². The first-order valence-electron chi connectivity index (χ1n) is 8.73. The van der Waals surface area contributed by atoms with Gasteiger partial charge in [0.15, 0.2) is 11.6 Å². The zero-order valence-corrected chi connectivity index (χ0v) is 14.5. The topological polar surface area (TPSA) is 51.2 Å². The number of Topliss-reactive ketones (excluding diaryl/α,β-unsaturated/α-hetero) is 2. The third-order valence-electron chi connectivity index (χ3n) is 6.09. The summed E-state index contributed by atoms with van der Waals surface area (Å²) in [5, 5.41) is 0. The highest BCUT2D eigenvalue weighted by Gasteiger charge is 2.49. The van der Waals surface area contributed by atoms with Crippen LogP contribution < -0.4 is 0 Å². The molecule has 126 valence electrons. The van der Waals surface area contributed by atoms with E-state index in [1.165, 1.54) is 0 Å². The molecule has 2 atom stereocenters. The summed E-state index contributed by atoms with van der Waals surface area (Å²) in [5.41, 5.74) is 7.09. The first-order valence-corrected chi connectivity index (χ1v) is 8.73. The third-order valence-corrected chi connectivity index (χ3v) is 6.09. The van der Waals surface area contributed by atoms with E-state index in [9.17, 15) is 14.4 Å². The highest BCUT2D eigenvalue weighted by Crippen LogP contribution is 2.57. The van der Waals surface area contributed by atoms with Gasteiger partial charge in [-0.25, -0.2) is 0 Å². The average molecular weight is 340 g/mol. The first-order chi connectivity index (χ1) is 12.5. The zero-order chi connectivity index (χ0) is 18.2. The Kier molecular flexibility index (Phi) is 2.91. The van der Waals surface area contributed by atoms with Gasteiger partial charge in [-0.3, -0.25) is 14.4 Å². The summed E-state index contributed by atoms with van der Waals surface area (Å²) >= 11 is 0. The van der Waals surface area contributed by atoms with Gasteiger partial charge in [0.2, 0.25) is 0 Å². The van der Waals surface area contributed by atoms with Crippen LogP contribution in [0.4, 0.5) is 0 Å². The molecule has 0 spiro atoms. The van der Waals surface area contributed by atoms with Crippen molar-refractivity contribution in [2.75, 3.05) is 0 Å². The van der Waals surface area contributed by atoms with Gasteiger partial charge in [-0.2, -0.15) is 0 Å². The maximum absolute atomic E-state index is 13.1. The van der Waals surface area contributed by atoms with Crippen molar-refractivity contribution in [3.8, 4) is 0 Å². The van der Waals surface area contributed by atoms with E-state index in [1.807, 2.05) is 36.4 Å². The standard InChI is InChI=1S/C23H16O3/c1-11-12(2)23(26)21-19-15-6-4-3-5-14(15)18(20(21)22(11)25)16-8-7-13(10-24)9-17(16)19/h3-10,18-19H,1-2H3/t18-,19+/m1/s1. The van der Waals surface area contributed by atoms with Gasteiger partial charge in [0.1, 0.15) is 6.29 Å². The van der Waals surface area contributed by atoms with Gasteiger partial charge >= 0.3 is 0 Å². The normalized spacial score (nSPS) is 23.0. The van der Waals surface area contributed by atoms with Crippen LogP contribution in [0, 0.1) is 0 Å². The molecule has 2 aromatic rings. The Morgan fingerprint density at radius 1 is 0.731 bits per heavy atom. The Hall–Kier alpha value is -3.07. The van der Waals surface area contributed by atoms with Crippen LogP contribution in [-0.2, 0) is 9.59 Å². The summed E-state index contributed by atoms with van der Waals surface area (Å²) < 4.78 is 0. The Morgan fingerprint density at radius 2 is 1.23 bits per heavy atom. The van der Waals surface area contributed by atoms with Crippen molar-refractivity contribution in [3.63, 3.8) is 0 Å².